The van der Waals surface area contributed by atoms with E-state index < -0.39 is 4.92 Å². The summed E-state index contributed by atoms with van der Waals surface area (Å²) in [6.45, 7) is 0.306. The maximum atomic E-state index is 10.9. The summed E-state index contributed by atoms with van der Waals surface area (Å²) in [6, 6.07) is 3.47. The molecular weight excluding hydrogens is 278 g/mol. The molecule has 0 fully saturated rings. The Morgan fingerprint density at radius 1 is 1.48 bits per heavy atom. The van der Waals surface area contributed by atoms with Crippen LogP contribution in [0.5, 0.6) is 5.88 Å². The molecule has 0 spiro atoms. The maximum Gasteiger partial charge on any atom is 0.329 e. The Morgan fingerprint density at radius 3 is 2.95 bits per heavy atom. The summed E-state index contributed by atoms with van der Waals surface area (Å²) >= 11 is 0. The molecule has 0 unspecified atom stereocenters. The molecule has 2 rings (SSSR count). The first-order valence-electron chi connectivity index (χ1n) is 5.85. The molecule has 2 aromatic heterocycles. The topological polar surface area (TPSA) is 141 Å². The average molecular weight is 291 g/mol. The molecule has 10 heteroatoms. The van der Waals surface area contributed by atoms with Crippen LogP contribution in [-0.2, 0) is 6.54 Å². The predicted molar refractivity (Wildman–Crippen MR) is 74.6 cm³/mol. The number of anilines is 2. The van der Waals surface area contributed by atoms with Gasteiger partial charge in [-0.05, 0) is 11.6 Å². The molecule has 0 aromatic carbocycles. The van der Waals surface area contributed by atoms with Crippen LogP contribution < -0.4 is 21.3 Å². The SMILES string of the molecule is COc1cc(CNc2nc(NN)ncc2[N+](=O)[O-])ccn1. The first-order chi connectivity index (χ1) is 10.1. The van der Waals surface area contributed by atoms with Gasteiger partial charge >= 0.3 is 5.69 Å². The van der Waals surface area contributed by atoms with Crippen molar-refractivity contribution in [2.24, 2.45) is 5.84 Å². The molecule has 0 aliphatic carbocycles. The van der Waals surface area contributed by atoms with Crippen molar-refractivity contribution in [3.05, 3.63) is 40.2 Å². The number of nitrogens with two attached hydrogens (primary N) is 1. The normalized spacial score (nSPS) is 10.0. The molecule has 0 aliphatic heterocycles. The largest absolute Gasteiger partial charge is 0.481 e. The van der Waals surface area contributed by atoms with Crippen LogP contribution in [0.3, 0.4) is 0 Å². The van der Waals surface area contributed by atoms with Crippen molar-refractivity contribution in [3.63, 3.8) is 0 Å². The number of nitrogens with zero attached hydrogens (tertiary/aromatic N) is 4. The Bertz CT molecular complexity index is 649. The molecule has 0 amide bonds. The van der Waals surface area contributed by atoms with Gasteiger partial charge < -0.3 is 10.1 Å². The second kappa shape index (κ2) is 6.43. The van der Waals surface area contributed by atoms with Gasteiger partial charge in [-0.25, -0.2) is 15.8 Å². The van der Waals surface area contributed by atoms with E-state index in [4.69, 9.17) is 10.6 Å². The standard InChI is InChI=1S/C11H13N7O3/c1-21-9-4-7(2-3-13-9)5-14-10-8(18(19)20)6-15-11(16-10)17-12/h2-4,6H,5,12H2,1H3,(H2,14,15,16,17). The zero-order valence-electron chi connectivity index (χ0n) is 11.1. The van der Waals surface area contributed by atoms with Gasteiger partial charge in [-0.15, -0.1) is 0 Å². The minimum absolute atomic E-state index is 0.0683. The van der Waals surface area contributed by atoms with E-state index in [1.165, 1.54) is 7.11 Å². The van der Waals surface area contributed by atoms with E-state index in [1.807, 2.05) is 0 Å². The Hall–Kier alpha value is -3.01. The third-order valence-electron chi connectivity index (χ3n) is 2.56. The average Bonchev–Trinajstić information content (AvgIpc) is 2.52. The van der Waals surface area contributed by atoms with Crippen molar-refractivity contribution in [2.45, 2.75) is 6.54 Å². The van der Waals surface area contributed by atoms with Crippen molar-refractivity contribution < 1.29 is 9.66 Å². The van der Waals surface area contributed by atoms with E-state index in [9.17, 15) is 10.1 Å². The fourth-order valence-electron chi connectivity index (χ4n) is 1.57. The van der Waals surface area contributed by atoms with Gasteiger partial charge in [-0.1, -0.05) is 0 Å². The molecule has 0 atom stereocenters. The second-order valence-corrected chi connectivity index (χ2v) is 3.89. The molecule has 4 N–H and O–H groups in total. The van der Waals surface area contributed by atoms with Gasteiger partial charge in [-0.3, -0.25) is 15.5 Å². The van der Waals surface area contributed by atoms with Gasteiger partial charge in [0.2, 0.25) is 17.6 Å². The van der Waals surface area contributed by atoms with Crippen molar-refractivity contribution >= 4 is 17.5 Å². The van der Waals surface area contributed by atoms with E-state index in [1.54, 1.807) is 18.3 Å². The van der Waals surface area contributed by atoms with E-state index in [2.05, 4.69) is 25.7 Å². The van der Waals surface area contributed by atoms with Crippen molar-refractivity contribution in [1.29, 1.82) is 0 Å². The highest BCUT2D eigenvalue weighted by molar-refractivity contribution is 5.57. The summed E-state index contributed by atoms with van der Waals surface area (Å²) in [7, 11) is 1.51. The molecule has 0 aliphatic rings. The highest BCUT2D eigenvalue weighted by atomic mass is 16.6. The van der Waals surface area contributed by atoms with Crippen molar-refractivity contribution in [2.75, 3.05) is 17.9 Å². The molecule has 21 heavy (non-hydrogen) atoms. The fourth-order valence-corrected chi connectivity index (χ4v) is 1.57. The maximum absolute atomic E-state index is 10.9. The first kappa shape index (κ1) is 14.4. The Balaban J connectivity index is 2.19. The van der Waals surface area contributed by atoms with Gasteiger partial charge in [0.05, 0.1) is 12.0 Å². The van der Waals surface area contributed by atoms with Crippen LogP contribution in [0.1, 0.15) is 5.56 Å². The first-order valence-corrected chi connectivity index (χ1v) is 5.85. The molecule has 2 heterocycles. The minimum Gasteiger partial charge on any atom is -0.481 e. The molecule has 110 valence electrons. The number of hydrazine groups is 1. The van der Waals surface area contributed by atoms with Crippen LogP contribution in [-0.4, -0.2) is 27.0 Å². The van der Waals surface area contributed by atoms with Gasteiger partial charge in [0.25, 0.3) is 0 Å². The van der Waals surface area contributed by atoms with Crippen LogP contribution in [0.2, 0.25) is 0 Å². The van der Waals surface area contributed by atoms with Crippen LogP contribution >= 0.6 is 0 Å². The monoisotopic (exact) mass is 291 g/mol. The Labute approximate surface area is 119 Å². The van der Waals surface area contributed by atoms with Gasteiger partial charge in [0.15, 0.2) is 0 Å². The number of aromatic nitrogens is 3. The number of methoxy groups -OCH3 is 1. The number of nitro groups is 1. The zero-order valence-corrected chi connectivity index (χ0v) is 11.1. The zero-order chi connectivity index (χ0) is 15.2. The number of nitrogens with one attached hydrogen (secondary N) is 2. The van der Waals surface area contributed by atoms with Crippen LogP contribution in [0.4, 0.5) is 17.5 Å². The summed E-state index contributed by atoms with van der Waals surface area (Å²) in [5.74, 6) is 5.79. The molecule has 0 saturated carbocycles. The minimum atomic E-state index is -0.574. The number of ether oxygens (including phenoxy) is 1. The molecule has 0 radical (unpaired) electrons. The number of pyridine rings is 1. The van der Waals surface area contributed by atoms with E-state index >= 15 is 0 Å². The molecule has 2 aromatic rings. The highest BCUT2D eigenvalue weighted by Crippen LogP contribution is 2.22. The fraction of sp³-hybridized carbons (Fsp3) is 0.182. The third-order valence-corrected chi connectivity index (χ3v) is 2.56. The smallest absolute Gasteiger partial charge is 0.329 e. The molecule has 0 bridgehead atoms. The third kappa shape index (κ3) is 3.51. The summed E-state index contributed by atoms with van der Waals surface area (Å²) in [5, 5.41) is 13.8. The van der Waals surface area contributed by atoms with Gasteiger partial charge in [0, 0.05) is 18.8 Å². The Kier molecular flexibility index (Phi) is 4.41. The summed E-state index contributed by atoms with van der Waals surface area (Å²) < 4.78 is 5.01. The van der Waals surface area contributed by atoms with Crippen molar-refractivity contribution in [3.8, 4) is 5.88 Å². The summed E-state index contributed by atoms with van der Waals surface area (Å²) in [4.78, 5) is 22.0. The number of nitrogen functional groups attached to an aromatic ring is 1. The van der Waals surface area contributed by atoms with Crippen LogP contribution in [0.15, 0.2) is 24.5 Å². The number of hydrogen-bond donors (Lipinski definition) is 3. The lowest BCUT2D eigenvalue weighted by Gasteiger charge is -2.08. The van der Waals surface area contributed by atoms with E-state index in [-0.39, 0.29) is 17.5 Å². The quantitative estimate of drug-likeness (QED) is 0.398. The van der Waals surface area contributed by atoms with Gasteiger partial charge in [0.1, 0.15) is 6.20 Å². The molecule has 0 saturated heterocycles. The van der Waals surface area contributed by atoms with Crippen LogP contribution in [0, 0.1) is 10.1 Å². The summed E-state index contributed by atoms with van der Waals surface area (Å²) in [5.41, 5.74) is 2.82. The molecular formula is C11H13N7O3. The number of rotatable bonds is 6. The lowest BCUT2D eigenvalue weighted by Crippen LogP contribution is -2.13. The van der Waals surface area contributed by atoms with E-state index in [0.717, 1.165) is 11.8 Å². The second-order valence-electron chi connectivity index (χ2n) is 3.89. The molecule has 10 nitrogen and oxygen atoms in total. The van der Waals surface area contributed by atoms with Crippen LogP contribution in [0.25, 0.3) is 0 Å². The Morgan fingerprint density at radius 2 is 2.29 bits per heavy atom. The predicted octanol–water partition coefficient (Wildman–Crippen LogP) is 0.686. The lowest BCUT2D eigenvalue weighted by molar-refractivity contribution is -0.384. The van der Waals surface area contributed by atoms with E-state index in [0.29, 0.717) is 12.4 Å². The summed E-state index contributed by atoms with van der Waals surface area (Å²) in [6.07, 6.45) is 2.66. The highest BCUT2D eigenvalue weighted by Gasteiger charge is 2.16. The number of hydrogen-bond acceptors (Lipinski definition) is 9. The lowest BCUT2D eigenvalue weighted by atomic mass is 10.2. The van der Waals surface area contributed by atoms with Crippen molar-refractivity contribution in [1.82, 2.24) is 15.0 Å². The van der Waals surface area contributed by atoms with Gasteiger partial charge in [-0.2, -0.15) is 4.98 Å².